The first-order valence-corrected chi connectivity index (χ1v) is 10.6. The number of Topliss-reactive ketones (excluding diaryl/α,β-unsaturated/α-hetero) is 1. The Morgan fingerprint density at radius 3 is 2.31 bits per heavy atom. The van der Waals surface area contributed by atoms with E-state index in [0.717, 1.165) is 11.8 Å². The highest BCUT2D eigenvalue weighted by molar-refractivity contribution is 5.99. The van der Waals surface area contributed by atoms with Crippen molar-refractivity contribution in [3.8, 4) is 0 Å². The van der Waals surface area contributed by atoms with Crippen molar-refractivity contribution in [2.45, 2.75) is 37.8 Å². The van der Waals surface area contributed by atoms with Gasteiger partial charge >= 0.3 is 6.18 Å². The molecule has 0 bridgehead atoms. The Labute approximate surface area is 185 Å². The molecule has 1 aromatic heterocycles. The van der Waals surface area contributed by atoms with Gasteiger partial charge in [0.15, 0.2) is 11.5 Å². The topological polar surface area (TPSA) is 75.2 Å². The highest BCUT2D eigenvalue weighted by Crippen LogP contribution is 2.38. The van der Waals surface area contributed by atoms with Gasteiger partial charge in [0.2, 0.25) is 0 Å². The van der Waals surface area contributed by atoms with Crippen LogP contribution in [0.3, 0.4) is 0 Å². The fourth-order valence-electron chi connectivity index (χ4n) is 3.98. The first kappa shape index (κ1) is 23.8. The monoisotopic (exact) mass is 448 g/mol. The largest absolute Gasteiger partial charge is 0.417 e. The number of ketones is 1. The normalized spacial score (nSPS) is 19.1. The molecule has 0 atom stereocenters. The molecule has 32 heavy (non-hydrogen) atoms. The summed E-state index contributed by atoms with van der Waals surface area (Å²) in [5.74, 6) is -1.12. The molecule has 0 radical (unpaired) electrons. The molecule has 1 saturated carbocycles. The van der Waals surface area contributed by atoms with Gasteiger partial charge in [-0.05, 0) is 58.0 Å². The van der Waals surface area contributed by atoms with Crippen LogP contribution in [0.2, 0.25) is 0 Å². The molecule has 3 rings (SSSR count). The Balaban J connectivity index is 1.58. The summed E-state index contributed by atoms with van der Waals surface area (Å²) in [6.45, 7) is 1.22. The first-order chi connectivity index (χ1) is 15.2. The number of hydrogen-bond donors (Lipinski definition) is 1. The van der Waals surface area contributed by atoms with Crippen molar-refractivity contribution in [2.75, 3.05) is 27.2 Å². The lowest BCUT2D eigenvalue weighted by Crippen LogP contribution is -2.32. The van der Waals surface area contributed by atoms with E-state index in [4.69, 9.17) is 0 Å². The number of aromatic nitrogens is 2. The Hall–Kier alpha value is -2.81. The van der Waals surface area contributed by atoms with Crippen LogP contribution >= 0.6 is 0 Å². The molecule has 1 N–H and O–H groups in total. The van der Waals surface area contributed by atoms with Crippen LogP contribution in [-0.4, -0.2) is 54.0 Å². The van der Waals surface area contributed by atoms with Gasteiger partial charge in [-0.3, -0.25) is 9.59 Å². The first-order valence-electron chi connectivity index (χ1n) is 10.6. The van der Waals surface area contributed by atoms with Crippen LogP contribution in [-0.2, 0) is 6.18 Å². The predicted molar refractivity (Wildman–Crippen MR) is 113 cm³/mol. The summed E-state index contributed by atoms with van der Waals surface area (Å²) in [5, 5.41) is 11.0. The number of nitrogens with one attached hydrogen (secondary N) is 1. The van der Waals surface area contributed by atoms with E-state index >= 15 is 0 Å². The number of benzene rings is 1. The fourth-order valence-corrected chi connectivity index (χ4v) is 3.98. The molecule has 0 unspecified atom stereocenters. The zero-order chi connectivity index (χ0) is 23.3. The van der Waals surface area contributed by atoms with E-state index in [1.54, 1.807) is 12.1 Å². The molecule has 9 heteroatoms. The van der Waals surface area contributed by atoms with Crippen molar-refractivity contribution < 1.29 is 22.8 Å². The maximum absolute atomic E-state index is 13.3. The minimum Gasteiger partial charge on any atom is -0.349 e. The van der Waals surface area contributed by atoms with Crippen LogP contribution in [0.4, 0.5) is 13.2 Å². The number of carbonyl (C=O) groups is 2. The van der Waals surface area contributed by atoms with Gasteiger partial charge in [0.05, 0.1) is 11.3 Å². The van der Waals surface area contributed by atoms with Crippen molar-refractivity contribution in [1.29, 1.82) is 0 Å². The number of nitrogens with zero attached hydrogens (tertiary/aromatic N) is 3. The number of halogens is 3. The van der Waals surface area contributed by atoms with Gasteiger partial charge in [-0.15, -0.1) is 5.10 Å². The molecule has 0 saturated heterocycles. The molecule has 1 heterocycles. The zero-order valence-electron chi connectivity index (χ0n) is 18.2. The molecular formula is C23H27F3N4O2. The van der Waals surface area contributed by atoms with Crippen LogP contribution < -0.4 is 5.32 Å². The van der Waals surface area contributed by atoms with Crippen molar-refractivity contribution in [3.63, 3.8) is 0 Å². The highest BCUT2D eigenvalue weighted by Gasteiger charge is 2.37. The Morgan fingerprint density at radius 1 is 1.03 bits per heavy atom. The van der Waals surface area contributed by atoms with Crippen molar-refractivity contribution >= 4 is 11.7 Å². The third-order valence-electron chi connectivity index (χ3n) is 5.78. The molecule has 1 aromatic carbocycles. The van der Waals surface area contributed by atoms with Gasteiger partial charge < -0.3 is 10.2 Å². The molecule has 0 spiro atoms. The van der Waals surface area contributed by atoms with Crippen LogP contribution in [0, 0.1) is 5.92 Å². The predicted octanol–water partition coefficient (Wildman–Crippen LogP) is 3.94. The van der Waals surface area contributed by atoms with E-state index in [2.05, 4.69) is 15.5 Å². The molecule has 1 fully saturated rings. The summed E-state index contributed by atoms with van der Waals surface area (Å²) in [6.07, 6.45) is -2.31. The lowest BCUT2D eigenvalue weighted by molar-refractivity contribution is -0.138. The van der Waals surface area contributed by atoms with E-state index in [-0.39, 0.29) is 23.1 Å². The minimum absolute atomic E-state index is 0.0651. The Morgan fingerprint density at radius 2 is 1.72 bits per heavy atom. The third-order valence-corrected chi connectivity index (χ3v) is 5.78. The second-order valence-corrected chi connectivity index (χ2v) is 8.36. The standard InChI is InChI=1S/C23H27F3N4O2/c1-30(2)14-13-27-22(32)20-12-11-19(28-29-20)15-7-9-16(10-8-15)21(31)17-5-3-4-6-18(17)23(24,25)26/h3-6,11-12,15-16H,7-10,13-14H2,1-2H3,(H,27,32). The molecule has 2 aromatic rings. The Kier molecular flexibility index (Phi) is 7.60. The fraction of sp³-hybridized carbons (Fsp3) is 0.478. The number of likely N-dealkylation sites (N-methyl/N-ethyl adjacent to an activating group) is 1. The van der Waals surface area contributed by atoms with Gasteiger partial charge in [0.1, 0.15) is 0 Å². The number of rotatable bonds is 7. The summed E-state index contributed by atoms with van der Waals surface area (Å²) in [4.78, 5) is 26.9. The van der Waals surface area contributed by atoms with Gasteiger partial charge in [-0.2, -0.15) is 18.3 Å². The van der Waals surface area contributed by atoms with Crippen molar-refractivity contribution in [1.82, 2.24) is 20.4 Å². The lowest BCUT2D eigenvalue weighted by Gasteiger charge is -2.27. The third kappa shape index (κ3) is 5.91. The second kappa shape index (κ2) is 10.2. The van der Waals surface area contributed by atoms with Crippen LogP contribution in [0.15, 0.2) is 36.4 Å². The minimum atomic E-state index is -4.56. The van der Waals surface area contributed by atoms with Gasteiger partial charge in [-0.25, -0.2) is 0 Å². The second-order valence-electron chi connectivity index (χ2n) is 8.36. The lowest BCUT2D eigenvalue weighted by atomic mass is 9.77. The number of alkyl halides is 3. The van der Waals surface area contributed by atoms with Crippen molar-refractivity contribution in [3.05, 3.63) is 58.9 Å². The molecule has 0 aliphatic heterocycles. The number of carbonyl (C=O) groups excluding carboxylic acids is 2. The van der Waals surface area contributed by atoms with Crippen LogP contribution in [0.5, 0.6) is 0 Å². The number of hydrogen-bond acceptors (Lipinski definition) is 5. The average molecular weight is 448 g/mol. The van der Waals surface area contributed by atoms with E-state index in [0.29, 0.717) is 38.8 Å². The van der Waals surface area contributed by atoms with Gasteiger partial charge in [-0.1, -0.05) is 18.2 Å². The average Bonchev–Trinajstić information content (AvgIpc) is 2.78. The van der Waals surface area contributed by atoms with Crippen LogP contribution in [0.1, 0.15) is 63.7 Å². The molecular weight excluding hydrogens is 421 g/mol. The zero-order valence-corrected chi connectivity index (χ0v) is 18.2. The molecule has 6 nitrogen and oxygen atoms in total. The SMILES string of the molecule is CN(C)CCNC(=O)c1ccc(C2CCC(C(=O)c3ccccc3C(F)(F)F)CC2)nn1. The summed E-state index contributed by atoms with van der Waals surface area (Å²) in [5.41, 5.74) is -0.165. The van der Waals surface area contributed by atoms with E-state index in [9.17, 15) is 22.8 Å². The summed E-state index contributed by atoms with van der Waals surface area (Å²) >= 11 is 0. The summed E-state index contributed by atoms with van der Waals surface area (Å²) in [7, 11) is 3.83. The maximum atomic E-state index is 13.3. The summed E-state index contributed by atoms with van der Waals surface area (Å²) in [6, 6.07) is 8.35. The Bertz CT molecular complexity index is 937. The highest BCUT2D eigenvalue weighted by atomic mass is 19.4. The molecule has 1 amide bonds. The van der Waals surface area contributed by atoms with E-state index in [1.165, 1.54) is 18.2 Å². The maximum Gasteiger partial charge on any atom is 0.417 e. The quantitative estimate of drug-likeness (QED) is 0.650. The molecule has 1 aliphatic rings. The van der Waals surface area contributed by atoms with Gasteiger partial charge in [0, 0.05) is 30.5 Å². The summed E-state index contributed by atoms with van der Waals surface area (Å²) < 4.78 is 39.8. The van der Waals surface area contributed by atoms with Crippen LogP contribution in [0.25, 0.3) is 0 Å². The smallest absolute Gasteiger partial charge is 0.349 e. The van der Waals surface area contributed by atoms with E-state index < -0.39 is 23.4 Å². The van der Waals surface area contributed by atoms with E-state index in [1.807, 2.05) is 19.0 Å². The molecule has 172 valence electrons. The van der Waals surface area contributed by atoms with Gasteiger partial charge in [0.25, 0.3) is 5.91 Å². The van der Waals surface area contributed by atoms with Crippen molar-refractivity contribution in [2.24, 2.45) is 5.92 Å². The number of amides is 1. The molecule has 1 aliphatic carbocycles.